The van der Waals surface area contributed by atoms with E-state index >= 15 is 0 Å². The molecule has 2 amide bonds. The molecule has 3 rings (SSSR count). The van der Waals surface area contributed by atoms with Gasteiger partial charge in [-0.3, -0.25) is 14.7 Å². The highest BCUT2D eigenvalue weighted by Gasteiger charge is 2.44. The van der Waals surface area contributed by atoms with Crippen LogP contribution in [0.2, 0.25) is 0 Å². The van der Waals surface area contributed by atoms with Crippen LogP contribution in [0.4, 0.5) is 9.59 Å². The number of aliphatic hydroxyl groups excluding tert-OH is 1. The van der Waals surface area contributed by atoms with Gasteiger partial charge < -0.3 is 14.6 Å². The van der Waals surface area contributed by atoms with Crippen molar-refractivity contribution in [1.29, 1.82) is 0 Å². The van der Waals surface area contributed by atoms with Gasteiger partial charge in [0.15, 0.2) is 0 Å². The zero-order valence-corrected chi connectivity index (χ0v) is 23.6. The maximum absolute atomic E-state index is 13.4. The minimum Gasteiger partial charge on any atom is -0.444 e. The third-order valence-corrected chi connectivity index (χ3v) is 6.21. The lowest BCUT2D eigenvalue weighted by Crippen LogP contribution is -2.66. The highest BCUT2D eigenvalue weighted by molar-refractivity contribution is 5.72. The molecular weight excluding hydrogens is 482 g/mol. The molecule has 0 aliphatic carbocycles. The number of carbonyl (C=O) groups excluding carboxylic acids is 2. The predicted molar refractivity (Wildman–Crippen MR) is 148 cm³/mol. The van der Waals surface area contributed by atoms with Gasteiger partial charge in [-0.2, -0.15) is 0 Å². The Kier molecular flexibility index (Phi) is 9.79. The summed E-state index contributed by atoms with van der Waals surface area (Å²) in [4.78, 5) is 32.0. The van der Waals surface area contributed by atoms with Crippen molar-refractivity contribution in [3.05, 3.63) is 71.8 Å². The molecule has 2 aromatic rings. The first kappa shape index (κ1) is 29.5. The smallest absolute Gasteiger partial charge is 0.410 e. The Morgan fingerprint density at radius 3 is 1.53 bits per heavy atom. The molecule has 2 aromatic carbocycles. The van der Waals surface area contributed by atoms with Crippen LogP contribution in [0.3, 0.4) is 0 Å². The molecule has 0 spiro atoms. The van der Waals surface area contributed by atoms with Crippen molar-refractivity contribution in [3.63, 3.8) is 0 Å². The van der Waals surface area contributed by atoms with Crippen LogP contribution in [0, 0.1) is 0 Å². The van der Waals surface area contributed by atoms with Gasteiger partial charge in [0.2, 0.25) is 0 Å². The van der Waals surface area contributed by atoms with E-state index in [0.717, 1.165) is 11.1 Å². The van der Waals surface area contributed by atoms with Crippen molar-refractivity contribution in [2.45, 2.75) is 77.9 Å². The lowest BCUT2D eigenvalue weighted by molar-refractivity contribution is -0.0504. The molecule has 2 atom stereocenters. The molecule has 0 saturated carbocycles. The van der Waals surface area contributed by atoms with Gasteiger partial charge in [-0.25, -0.2) is 9.59 Å². The molecule has 1 fully saturated rings. The topological polar surface area (TPSA) is 82.5 Å². The molecule has 1 aliphatic heterocycles. The average Bonchev–Trinajstić information content (AvgIpc) is 2.82. The fourth-order valence-electron chi connectivity index (χ4n) is 4.63. The van der Waals surface area contributed by atoms with Crippen LogP contribution in [0.25, 0.3) is 0 Å². The van der Waals surface area contributed by atoms with E-state index in [0.29, 0.717) is 19.6 Å². The maximum Gasteiger partial charge on any atom is 0.410 e. The first-order valence-corrected chi connectivity index (χ1v) is 13.3. The molecule has 0 radical (unpaired) electrons. The fourth-order valence-corrected chi connectivity index (χ4v) is 4.63. The number of hydrogen-bond acceptors (Lipinski definition) is 6. The number of amides is 2. The second-order valence-corrected chi connectivity index (χ2v) is 11.8. The van der Waals surface area contributed by atoms with Crippen LogP contribution in [-0.4, -0.2) is 81.5 Å². The van der Waals surface area contributed by atoms with Crippen molar-refractivity contribution in [3.8, 4) is 0 Å². The average molecular weight is 526 g/mol. The molecule has 1 aliphatic rings. The second kappa shape index (κ2) is 12.6. The number of piperazine rings is 1. The van der Waals surface area contributed by atoms with E-state index in [4.69, 9.17) is 9.47 Å². The quantitative estimate of drug-likeness (QED) is 0.553. The minimum atomic E-state index is -0.679. The standard InChI is InChI=1S/C30H43N3O5/c1-29(2,3)37-27(35)32-17-18-33(28(36)38-30(4,5)6)26(22-34)25(32)21-31(19-23-13-9-7-10-14-23)20-24-15-11-8-12-16-24/h7-16,25-26,34H,17-22H2,1-6H3/t25?,26-/m1/s1. The number of nitrogens with zero attached hydrogens (tertiary/aromatic N) is 3. The van der Waals surface area contributed by atoms with Crippen molar-refractivity contribution in [2.75, 3.05) is 26.2 Å². The van der Waals surface area contributed by atoms with E-state index in [1.54, 1.807) is 9.80 Å². The van der Waals surface area contributed by atoms with Crippen molar-refractivity contribution >= 4 is 12.2 Å². The van der Waals surface area contributed by atoms with Crippen LogP contribution < -0.4 is 0 Å². The number of hydrogen-bond donors (Lipinski definition) is 1. The highest BCUT2D eigenvalue weighted by Crippen LogP contribution is 2.25. The number of rotatable bonds is 7. The van der Waals surface area contributed by atoms with Crippen LogP contribution in [-0.2, 0) is 22.6 Å². The summed E-state index contributed by atoms with van der Waals surface area (Å²) in [5, 5.41) is 10.6. The normalized spacial score (nSPS) is 18.4. The molecule has 8 heteroatoms. The van der Waals surface area contributed by atoms with Crippen LogP contribution in [0.1, 0.15) is 52.7 Å². The van der Waals surface area contributed by atoms with E-state index in [2.05, 4.69) is 29.2 Å². The molecule has 208 valence electrons. The van der Waals surface area contributed by atoms with E-state index < -0.39 is 35.5 Å². The molecule has 1 unspecified atom stereocenters. The van der Waals surface area contributed by atoms with Crippen LogP contribution in [0.15, 0.2) is 60.7 Å². The highest BCUT2D eigenvalue weighted by atomic mass is 16.6. The Morgan fingerprint density at radius 2 is 1.16 bits per heavy atom. The Balaban J connectivity index is 1.95. The van der Waals surface area contributed by atoms with Gasteiger partial charge in [0.1, 0.15) is 11.2 Å². The summed E-state index contributed by atoms with van der Waals surface area (Å²) in [5.74, 6) is 0. The molecule has 0 aromatic heterocycles. The van der Waals surface area contributed by atoms with E-state index in [-0.39, 0.29) is 19.7 Å². The third kappa shape index (κ3) is 8.74. The van der Waals surface area contributed by atoms with Crippen LogP contribution >= 0.6 is 0 Å². The van der Waals surface area contributed by atoms with Gasteiger partial charge in [0.25, 0.3) is 0 Å². The summed E-state index contributed by atoms with van der Waals surface area (Å²) in [5.41, 5.74) is 0.911. The summed E-state index contributed by atoms with van der Waals surface area (Å²) >= 11 is 0. The van der Waals surface area contributed by atoms with Crippen molar-refractivity contribution in [2.24, 2.45) is 0 Å². The van der Waals surface area contributed by atoms with Crippen molar-refractivity contribution in [1.82, 2.24) is 14.7 Å². The number of benzene rings is 2. The Morgan fingerprint density at radius 1 is 0.763 bits per heavy atom. The Labute approximate surface area is 227 Å². The summed E-state index contributed by atoms with van der Waals surface area (Å²) in [6.07, 6.45) is -0.952. The van der Waals surface area contributed by atoms with Gasteiger partial charge >= 0.3 is 12.2 Å². The molecule has 0 bridgehead atoms. The number of ether oxygens (including phenoxy) is 2. The van der Waals surface area contributed by atoms with Crippen LogP contribution in [0.5, 0.6) is 0 Å². The predicted octanol–water partition coefficient (Wildman–Crippen LogP) is 4.91. The molecule has 38 heavy (non-hydrogen) atoms. The van der Waals surface area contributed by atoms with Gasteiger partial charge in [-0.15, -0.1) is 0 Å². The lowest BCUT2D eigenvalue weighted by atomic mass is 10.0. The van der Waals surface area contributed by atoms with E-state index in [1.165, 1.54) is 0 Å². The van der Waals surface area contributed by atoms with Gasteiger partial charge in [0, 0.05) is 32.7 Å². The van der Waals surface area contributed by atoms with Gasteiger partial charge in [-0.05, 0) is 52.7 Å². The largest absolute Gasteiger partial charge is 0.444 e. The Bertz CT molecular complexity index is 992. The van der Waals surface area contributed by atoms with E-state index in [1.807, 2.05) is 77.9 Å². The lowest BCUT2D eigenvalue weighted by Gasteiger charge is -2.48. The first-order chi connectivity index (χ1) is 17.9. The number of carbonyl (C=O) groups is 2. The third-order valence-electron chi connectivity index (χ3n) is 6.21. The molecule has 1 saturated heterocycles. The van der Waals surface area contributed by atoms with E-state index in [9.17, 15) is 14.7 Å². The van der Waals surface area contributed by atoms with Gasteiger partial charge in [0.05, 0.1) is 18.7 Å². The summed E-state index contributed by atoms with van der Waals surface area (Å²) in [6.45, 7) is 12.8. The van der Waals surface area contributed by atoms with Gasteiger partial charge in [-0.1, -0.05) is 60.7 Å². The molecule has 8 nitrogen and oxygen atoms in total. The Hall–Kier alpha value is -3.10. The molecule has 1 heterocycles. The molecule has 1 N–H and O–H groups in total. The zero-order chi connectivity index (χ0) is 27.9. The fraction of sp³-hybridized carbons (Fsp3) is 0.533. The second-order valence-electron chi connectivity index (χ2n) is 11.8. The minimum absolute atomic E-state index is 0.243. The number of aliphatic hydroxyl groups is 1. The summed E-state index contributed by atoms with van der Waals surface area (Å²) in [6, 6.07) is 19.1. The van der Waals surface area contributed by atoms with Crippen molar-refractivity contribution < 1.29 is 24.2 Å². The maximum atomic E-state index is 13.4. The monoisotopic (exact) mass is 525 g/mol. The first-order valence-electron chi connectivity index (χ1n) is 13.3. The zero-order valence-electron chi connectivity index (χ0n) is 23.6. The SMILES string of the molecule is CC(C)(C)OC(=O)N1CCN(C(=O)OC(C)(C)C)[C@H](CO)C1CN(Cc1ccccc1)Cc1ccccc1. The summed E-state index contributed by atoms with van der Waals surface area (Å²) in [7, 11) is 0. The summed E-state index contributed by atoms with van der Waals surface area (Å²) < 4.78 is 11.4. The molecular formula is C30H43N3O5.